The number of rotatable bonds is 5. The molecule has 4 N–H and O–H groups in total. The van der Waals surface area contributed by atoms with E-state index in [9.17, 15) is 0 Å². The molecule has 0 spiro atoms. The highest BCUT2D eigenvalue weighted by atomic mass is 35.5. The third-order valence-corrected chi connectivity index (χ3v) is 3.61. The highest BCUT2D eigenvalue weighted by Gasteiger charge is 2.12. The van der Waals surface area contributed by atoms with Crippen molar-refractivity contribution in [2.75, 3.05) is 0 Å². The van der Waals surface area contributed by atoms with Gasteiger partial charge >= 0.3 is 0 Å². The van der Waals surface area contributed by atoms with E-state index >= 15 is 0 Å². The lowest BCUT2D eigenvalue weighted by atomic mass is 10.2. The summed E-state index contributed by atoms with van der Waals surface area (Å²) < 4.78 is 0.785. The molecule has 0 aliphatic heterocycles. The smallest absolute Gasteiger partial charge is 0.140 e. The highest BCUT2D eigenvalue weighted by molar-refractivity contribution is 7.16. The monoisotopic (exact) mass is 261 g/mol. The number of nitrogens with one attached hydrogen (secondary N) is 1. The van der Waals surface area contributed by atoms with E-state index in [2.05, 4.69) is 17.4 Å². The topological polar surface area (TPSA) is 70.6 Å². The molecule has 16 heavy (non-hydrogen) atoms. The van der Waals surface area contributed by atoms with Gasteiger partial charge in [0.15, 0.2) is 0 Å². The van der Waals surface area contributed by atoms with Crippen molar-refractivity contribution in [3.8, 4) is 0 Å². The largest absolute Gasteiger partial charge is 0.409 e. The van der Waals surface area contributed by atoms with Crippen LogP contribution in [0.2, 0.25) is 4.34 Å². The summed E-state index contributed by atoms with van der Waals surface area (Å²) >= 11 is 7.42. The minimum Gasteiger partial charge on any atom is -0.409 e. The first kappa shape index (κ1) is 13.3. The molecule has 1 rings (SSSR count). The van der Waals surface area contributed by atoms with Crippen LogP contribution in [0.3, 0.4) is 0 Å². The molecule has 0 aliphatic rings. The van der Waals surface area contributed by atoms with Gasteiger partial charge in [-0.05, 0) is 26.0 Å². The molecule has 6 heteroatoms. The number of halogens is 1. The van der Waals surface area contributed by atoms with Crippen LogP contribution in [0.4, 0.5) is 0 Å². The summed E-state index contributed by atoms with van der Waals surface area (Å²) in [6.07, 6.45) is 0.514. The molecule has 0 fully saturated rings. The van der Waals surface area contributed by atoms with Crippen molar-refractivity contribution in [2.24, 2.45) is 10.9 Å². The average molecular weight is 262 g/mol. The van der Waals surface area contributed by atoms with Crippen LogP contribution in [-0.4, -0.2) is 17.1 Å². The Bertz CT molecular complexity index is 367. The van der Waals surface area contributed by atoms with Gasteiger partial charge in [0.05, 0.1) is 4.34 Å². The van der Waals surface area contributed by atoms with Gasteiger partial charge in [-0.3, -0.25) is 0 Å². The Balaban J connectivity index is 2.48. The zero-order chi connectivity index (χ0) is 12.1. The molecule has 4 nitrogen and oxygen atoms in total. The van der Waals surface area contributed by atoms with E-state index in [1.807, 2.05) is 19.1 Å². The van der Waals surface area contributed by atoms with Gasteiger partial charge in [-0.2, -0.15) is 0 Å². The molecule has 90 valence electrons. The highest BCUT2D eigenvalue weighted by Crippen LogP contribution is 2.26. The van der Waals surface area contributed by atoms with Crippen LogP contribution in [-0.2, 0) is 0 Å². The van der Waals surface area contributed by atoms with Gasteiger partial charge in [-0.15, -0.1) is 11.3 Å². The Kier molecular flexibility index (Phi) is 5.05. The first-order valence-electron chi connectivity index (χ1n) is 5.00. The summed E-state index contributed by atoms with van der Waals surface area (Å²) in [5.41, 5.74) is 5.43. The van der Waals surface area contributed by atoms with Crippen molar-refractivity contribution in [3.05, 3.63) is 21.3 Å². The number of nitrogens with two attached hydrogens (primary N) is 1. The van der Waals surface area contributed by atoms with E-state index in [0.29, 0.717) is 6.42 Å². The van der Waals surface area contributed by atoms with E-state index in [1.165, 1.54) is 4.88 Å². The van der Waals surface area contributed by atoms with Crippen LogP contribution in [0.25, 0.3) is 0 Å². The van der Waals surface area contributed by atoms with E-state index in [1.54, 1.807) is 11.3 Å². The molecule has 0 saturated carbocycles. The molecule has 0 aromatic carbocycles. The van der Waals surface area contributed by atoms with Crippen LogP contribution < -0.4 is 11.1 Å². The number of nitrogens with zero attached hydrogens (tertiary/aromatic N) is 1. The SMILES string of the molecule is CC(CC(N)=NO)NC(C)c1ccc(Cl)s1. The predicted octanol–water partition coefficient (Wildman–Crippen LogP) is 2.58. The molecule has 1 heterocycles. The number of amidine groups is 1. The van der Waals surface area contributed by atoms with Crippen LogP contribution in [0.5, 0.6) is 0 Å². The third-order valence-electron chi connectivity index (χ3n) is 2.20. The summed E-state index contributed by atoms with van der Waals surface area (Å²) in [5, 5.41) is 14.8. The van der Waals surface area contributed by atoms with Crippen molar-refractivity contribution in [1.82, 2.24) is 5.32 Å². The minimum atomic E-state index is 0.145. The quantitative estimate of drug-likeness (QED) is 0.330. The molecular weight excluding hydrogens is 246 g/mol. The number of hydrogen-bond donors (Lipinski definition) is 3. The fraction of sp³-hybridized carbons (Fsp3) is 0.500. The van der Waals surface area contributed by atoms with E-state index in [-0.39, 0.29) is 17.9 Å². The number of thiophene rings is 1. The molecule has 2 unspecified atom stereocenters. The lowest BCUT2D eigenvalue weighted by molar-refractivity contribution is 0.315. The number of oxime groups is 1. The first-order chi connectivity index (χ1) is 7.52. The second kappa shape index (κ2) is 6.08. The standard InChI is InChI=1S/C10H16ClN3OS/c1-6(5-10(12)14-15)13-7(2)8-3-4-9(11)16-8/h3-4,6-7,13,15H,5H2,1-2H3,(H2,12,14). The van der Waals surface area contributed by atoms with Gasteiger partial charge in [-0.1, -0.05) is 16.8 Å². The summed E-state index contributed by atoms with van der Waals surface area (Å²) in [7, 11) is 0. The van der Waals surface area contributed by atoms with Crippen molar-refractivity contribution in [2.45, 2.75) is 32.4 Å². The maximum atomic E-state index is 8.46. The fourth-order valence-corrected chi connectivity index (χ4v) is 2.56. The molecule has 1 aromatic heterocycles. The lowest BCUT2D eigenvalue weighted by Gasteiger charge is -2.18. The summed E-state index contributed by atoms with van der Waals surface area (Å²) in [6.45, 7) is 4.05. The fourth-order valence-electron chi connectivity index (χ4n) is 1.48. The molecule has 0 bridgehead atoms. The van der Waals surface area contributed by atoms with Gasteiger partial charge in [-0.25, -0.2) is 0 Å². The predicted molar refractivity (Wildman–Crippen MR) is 68.4 cm³/mol. The van der Waals surface area contributed by atoms with E-state index < -0.39 is 0 Å². The summed E-state index contributed by atoms with van der Waals surface area (Å²) in [6, 6.07) is 4.24. The van der Waals surface area contributed by atoms with Crippen LogP contribution >= 0.6 is 22.9 Å². The van der Waals surface area contributed by atoms with Crippen LogP contribution in [0.15, 0.2) is 17.3 Å². The molecular formula is C10H16ClN3OS. The number of hydrogen-bond acceptors (Lipinski definition) is 4. The Labute approximate surface area is 104 Å². The average Bonchev–Trinajstić information content (AvgIpc) is 2.64. The van der Waals surface area contributed by atoms with Gasteiger partial charge in [0.1, 0.15) is 5.84 Å². The Hall–Kier alpha value is -0.780. The zero-order valence-electron chi connectivity index (χ0n) is 9.27. The molecule has 1 aromatic rings. The van der Waals surface area contributed by atoms with E-state index in [0.717, 1.165) is 4.34 Å². The summed E-state index contributed by atoms with van der Waals surface area (Å²) in [4.78, 5) is 1.18. The van der Waals surface area contributed by atoms with Crippen molar-refractivity contribution < 1.29 is 5.21 Å². The van der Waals surface area contributed by atoms with Gasteiger partial charge in [0.2, 0.25) is 0 Å². The lowest BCUT2D eigenvalue weighted by Crippen LogP contribution is -2.32. The zero-order valence-corrected chi connectivity index (χ0v) is 10.8. The first-order valence-corrected chi connectivity index (χ1v) is 6.20. The molecule has 0 amide bonds. The molecule has 2 atom stereocenters. The van der Waals surface area contributed by atoms with Crippen molar-refractivity contribution in [1.29, 1.82) is 0 Å². The second-order valence-corrected chi connectivity index (χ2v) is 5.47. The Morgan fingerprint density at radius 3 is 2.81 bits per heavy atom. The van der Waals surface area contributed by atoms with E-state index in [4.69, 9.17) is 22.5 Å². The second-order valence-electron chi connectivity index (χ2n) is 3.73. The maximum Gasteiger partial charge on any atom is 0.140 e. The molecule has 0 aliphatic carbocycles. The van der Waals surface area contributed by atoms with Crippen molar-refractivity contribution >= 4 is 28.8 Å². The third kappa shape index (κ3) is 4.00. The van der Waals surface area contributed by atoms with Gasteiger partial charge in [0, 0.05) is 23.4 Å². The molecule has 0 radical (unpaired) electrons. The molecule has 0 saturated heterocycles. The summed E-state index contributed by atoms with van der Waals surface area (Å²) in [5.74, 6) is 0.233. The van der Waals surface area contributed by atoms with Crippen molar-refractivity contribution in [3.63, 3.8) is 0 Å². The maximum absolute atomic E-state index is 8.46. The minimum absolute atomic E-state index is 0.145. The van der Waals surface area contributed by atoms with Gasteiger partial charge < -0.3 is 16.3 Å². The Morgan fingerprint density at radius 2 is 2.31 bits per heavy atom. The Morgan fingerprint density at radius 1 is 1.62 bits per heavy atom. The van der Waals surface area contributed by atoms with Gasteiger partial charge in [0.25, 0.3) is 0 Å². The normalized spacial score (nSPS) is 16.1. The van der Waals surface area contributed by atoms with Crippen LogP contribution in [0, 0.1) is 0 Å². The van der Waals surface area contributed by atoms with Crippen LogP contribution in [0.1, 0.15) is 31.2 Å².